The van der Waals surface area contributed by atoms with E-state index >= 15 is 0 Å². The fourth-order valence-electron chi connectivity index (χ4n) is 3.73. The highest BCUT2D eigenvalue weighted by molar-refractivity contribution is 6.03. The van der Waals surface area contributed by atoms with Crippen molar-refractivity contribution in [3.05, 3.63) is 53.9 Å². The van der Waals surface area contributed by atoms with Crippen LogP contribution in [0.15, 0.2) is 42.7 Å². The highest BCUT2D eigenvalue weighted by Gasteiger charge is 2.27. The van der Waals surface area contributed by atoms with Gasteiger partial charge in [0.05, 0.1) is 11.3 Å². The maximum absolute atomic E-state index is 12.5. The Balaban J connectivity index is 1.47. The van der Waals surface area contributed by atoms with Crippen LogP contribution in [0.4, 0.5) is 11.5 Å². The van der Waals surface area contributed by atoms with Crippen LogP contribution in [0.5, 0.6) is 0 Å². The van der Waals surface area contributed by atoms with Crippen LogP contribution in [0, 0.1) is 0 Å². The lowest BCUT2D eigenvalue weighted by Gasteiger charge is -2.27. The maximum atomic E-state index is 12.5. The lowest BCUT2D eigenvalue weighted by Crippen LogP contribution is -2.18. The van der Waals surface area contributed by atoms with Crippen LogP contribution >= 0.6 is 0 Å². The van der Waals surface area contributed by atoms with Gasteiger partial charge in [-0.05, 0) is 43.0 Å². The molecule has 1 aliphatic carbocycles. The Kier molecular flexibility index (Phi) is 3.67. The van der Waals surface area contributed by atoms with Crippen molar-refractivity contribution in [3.8, 4) is 11.5 Å². The van der Waals surface area contributed by atoms with E-state index in [9.17, 15) is 4.79 Å². The molecule has 0 bridgehead atoms. The Hall–Kier alpha value is -3.22. The van der Waals surface area contributed by atoms with Gasteiger partial charge in [0.25, 0.3) is 5.91 Å². The summed E-state index contributed by atoms with van der Waals surface area (Å²) in [7, 11) is 1.82. The van der Waals surface area contributed by atoms with E-state index in [0.717, 1.165) is 41.2 Å². The lowest BCUT2D eigenvalue weighted by molar-refractivity contribution is 0.0817. The van der Waals surface area contributed by atoms with E-state index in [1.54, 1.807) is 11.2 Å². The number of pyridine rings is 1. The molecule has 7 nitrogen and oxygen atoms in total. The quantitative estimate of drug-likeness (QED) is 0.772. The zero-order valence-corrected chi connectivity index (χ0v) is 15.1. The number of carbonyl (C=O) groups excluding carboxylic acids is 1. The zero-order chi connectivity index (χ0) is 18.4. The molecular weight excluding hydrogens is 340 g/mol. The summed E-state index contributed by atoms with van der Waals surface area (Å²) in [6.07, 6.45) is 5.36. The second-order valence-corrected chi connectivity index (χ2v) is 7.18. The number of nitrogens with zero attached hydrogens (tertiary/aromatic N) is 5. The van der Waals surface area contributed by atoms with Crippen molar-refractivity contribution in [1.29, 1.82) is 0 Å². The minimum Gasteiger partial charge on any atom is -0.340 e. The van der Waals surface area contributed by atoms with Crippen molar-refractivity contribution >= 4 is 17.4 Å². The molecule has 3 heterocycles. The molecule has 5 rings (SSSR count). The molecular formula is C20H20N6O. The molecule has 27 heavy (non-hydrogen) atoms. The van der Waals surface area contributed by atoms with Crippen molar-refractivity contribution in [2.45, 2.75) is 31.8 Å². The third-order valence-corrected chi connectivity index (χ3v) is 5.40. The molecule has 2 aromatic heterocycles. The second-order valence-electron chi connectivity index (χ2n) is 7.18. The normalized spacial score (nSPS) is 16.3. The summed E-state index contributed by atoms with van der Waals surface area (Å²) in [5.41, 5.74) is 3.32. The molecule has 0 unspecified atom stereocenters. The fourth-order valence-corrected chi connectivity index (χ4v) is 3.73. The molecule has 1 fully saturated rings. The molecule has 136 valence electrons. The van der Waals surface area contributed by atoms with Gasteiger partial charge in [0.1, 0.15) is 17.8 Å². The zero-order valence-electron chi connectivity index (χ0n) is 15.1. The van der Waals surface area contributed by atoms with E-state index in [1.807, 2.05) is 43.4 Å². The molecule has 0 radical (unpaired) electrons. The Morgan fingerprint density at radius 3 is 2.81 bits per heavy atom. The predicted octanol–water partition coefficient (Wildman–Crippen LogP) is 3.39. The van der Waals surface area contributed by atoms with Gasteiger partial charge in [-0.15, -0.1) is 10.2 Å². The van der Waals surface area contributed by atoms with Crippen molar-refractivity contribution in [2.75, 3.05) is 12.4 Å². The Labute approximate surface area is 157 Å². The van der Waals surface area contributed by atoms with Crippen molar-refractivity contribution < 1.29 is 4.79 Å². The van der Waals surface area contributed by atoms with Gasteiger partial charge >= 0.3 is 0 Å². The first kappa shape index (κ1) is 16.0. The maximum Gasteiger partial charge on any atom is 0.256 e. The number of benzene rings is 1. The number of hydrogen-bond acceptors (Lipinski definition) is 5. The smallest absolute Gasteiger partial charge is 0.256 e. The minimum absolute atomic E-state index is 0.0361. The molecule has 1 saturated carbocycles. The SMILES string of the molecule is CN1Cc2cccc(Nc3cccc(-c4nncn4C4CCC4)n3)c2C1=O. The monoisotopic (exact) mass is 360 g/mol. The van der Waals surface area contributed by atoms with Crippen molar-refractivity contribution in [2.24, 2.45) is 0 Å². The van der Waals surface area contributed by atoms with Gasteiger partial charge in [0, 0.05) is 19.6 Å². The highest BCUT2D eigenvalue weighted by atomic mass is 16.2. The molecule has 1 aliphatic heterocycles. The third-order valence-electron chi connectivity index (χ3n) is 5.40. The van der Waals surface area contributed by atoms with E-state index in [0.29, 0.717) is 18.4 Å². The summed E-state index contributed by atoms with van der Waals surface area (Å²) >= 11 is 0. The van der Waals surface area contributed by atoms with Crippen LogP contribution in [-0.4, -0.2) is 37.6 Å². The number of hydrogen-bond donors (Lipinski definition) is 1. The average molecular weight is 360 g/mol. The Morgan fingerprint density at radius 1 is 1.15 bits per heavy atom. The molecule has 1 amide bonds. The number of amides is 1. The van der Waals surface area contributed by atoms with Gasteiger partial charge in [-0.2, -0.15) is 0 Å². The first-order valence-corrected chi connectivity index (χ1v) is 9.22. The molecule has 0 atom stereocenters. The first-order valence-electron chi connectivity index (χ1n) is 9.22. The molecule has 0 spiro atoms. The average Bonchev–Trinajstić information content (AvgIpc) is 3.20. The number of fused-ring (bicyclic) bond motifs is 1. The van der Waals surface area contributed by atoms with Gasteiger partial charge in [0.15, 0.2) is 5.82 Å². The lowest BCUT2D eigenvalue weighted by atomic mass is 9.93. The van der Waals surface area contributed by atoms with Crippen LogP contribution in [0.2, 0.25) is 0 Å². The van der Waals surface area contributed by atoms with Gasteiger partial charge in [-0.1, -0.05) is 18.2 Å². The molecule has 1 N–H and O–H groups in total. The van der Waals surface area contributed by atoms with Gasteiger partial charge in [-0.3, -0.25) is 4.79 Å². The Morgan fingerprint density at radius 2 is 2.00 bits per heavy atom. The Bertz CT molecular complexity index is 1020. The first-order chi connectivity index (χ1) is 13.2. The molecule has 1 aromatic carbocycles. The summed E-state index contributed by atoms with van der Waals surface area (Å²) in [4.78, 5) is 18.9. The van der Waals surface area contributed by atoms with E-state index in [2.05, 4.69) is 20.1 Å². The van der Waals surface area contributed by atoms with Crippen molar-refractivity contribution in [1.82, 2.24) is 24.6 Å². The van der Waals surface area contributed by atoms with Gasteiger partial charge < -0.3 is 14.8 Å². The summed E-state index contributed by atoms with van der Waals surface area (Å²) in [5.74, 6) is 1.51. The number of aromatic nitrogens is 4. The number of nitrogens with one attached hydrogen (secondary N) is 1. The van der Waals surface area contributed by atoms with Crippen LogP contribution in [0.1, 0.15) is 41.2 Å². The van der Waals surface area contributed by atoms with Crippen LogP contribution in [0.3, 0.4) is 0 Å². The van der Waals surface area contributed by atoms with Crippen LogP contribution < -0.4 is 5.32 Å². The van der Waals surface area contributed by atoms with Gasteiger partial charge in [-0.25, -0.2) is 4.98 Å². The number of rotatable bonds is 4. The molecule has 2 aliphatic rings. The summed E-state index contributed by atoms with van der Waals surface area (Å²) in [6.45, 7) is 0.641. The minimum atomic E-state index is 0.0361. The number of carbonyl (C=O) groups is 1. The van der Waals surface area contributed by atoms with Crippen LogP contribution in [0.25, 0.3) is 11.5 Å². The third kappa shape index (κ3) is 2.66. The summed E-state index contributed by atoms with van der Waals surface area (Å²) in [6, 6.07) is 12.1. The molecule has 3 aromatic rings. The van der Waals surface area contributed by atoms with E-state index in [-0.39, 0.29) is 5.91 Å². The second kappa shape index (κ2) is 6.19. The molecule has 0 saturated heterocycles. The largest absolute Gasteiger partial charge is 0.340 e. The van der Waals surface area contributed by atoms with Crippen molar-refractivity contribution in [3.63, 3.8) is 0 Å². The van der Waals surface area contributed by atoms with E-state index in [4.69, 9.17) is 4.98 Å². The number of anilines is 2. The van der Waals surface area contributed by atoms with Gasteiger partial charge in [0.2, 0.25) is 0 Å². The fraction of sp³-hybridized carbons (Fsp3) is 0.300. The predicted molar refractivity (Wildman–Crippen MR) is 102 cm³/mol. The molecule has 7 heteroatoms. The topological polar surface area (TPSA) is 75.9 Å². The summed E-state index contributed by atoms with van der Waals surface area (Å²) in [5, 5.41) is 11.7. The van der Waals surface area contributed by atoms with Crippen LogP contribution in [-0.2, 0) is 6.54 Å². The van der Waals surface area contributed by atoms with E-state index < -0.39 is 0 Å². The highest BCUT2D eigenvalue weighted by Crippen LogP contribution is 2.34. The standard InChI is InChI=1S/C20H20N6O/c1-25-11-13-5-2-8-15(18(13)20(25)27)22-17-10-4-9-16(23-17)19-24-21-12-26(19)14-6-3-7-14/h2,4-5,8-10,12,14H,3,6-7,11H2,1H3,(H,22,23). The van der Waals surface area contributed by atoms with E-state index in [1.165, 1.54) is 6.42 Å². The summed E-state index contributed by atoms with van der Waals surface area (Å²) < 4.78 is 2.12.